The Morgan fingerprint density at radius 1 is 1.40 bits per heavy atom. The first-order valence-corrected chi connectivity index (χ1v) is 7.58. The monoisotopic (exact) mass is 355 g/mol. The highest BCUT2D eigenvalue weighted by Gasteiger charge is 2.30. The fourth-order valence-corrected chi connectivity index (χ4v) is 2.60. The Hall–Kier alpha value is -0.560. The molecule has 1 atom stereocenters. The first-order chi connectivity index (χ1) is 9.26. The zero-order valence-electron chi connectivity index (χ0n) is 12.0. The van der Waals surface area contributed by atoms with Gasteiger partial charge in [-0.15, -0.1) is 0 Å². The van der Waals surface area contributed by atoms with Crippen molar-refractivity contribution in [2.75, 3.05) is 6.54 Å². The van der Waals surface area contributed by atoms with E-state index in [0.29, 0.717) is 6.54 Å². The number of rotatable bonds is 7. The van der Waals surface area contributed by atoms with Gasteiger partial charge in [-0.3, -0.25) is 4.68 Å². The van der Waals surface area contributed by atoms with Crippen LogP contribution >= 0.6 is 15.9 Å². The minimum atomic E-state index is -4.14. The smallest absolute Gasteiger partial charge is 0.309 e. The number of alkyl halides is 3. The second-order valence-electron chi connectivity index (χ2n) is 5.08. The van der Waals surface area contributed by atoms with Gasteiger partial charge in [0.15, 0.2) is 0 Å². The Morgan fingerprint density at radius 3 is 2.55 bits per heavy atom. The van der Waals surface area contributed by atoms with E-state index in [4.69, 9.17) is 0 Å². The Morgan fingerprint density at radius 2 is 2.05 bits per heavy atom. The van der Waals surface area contributed by atoms with Gasteiger partial charge in [0.1, 0.15) is 0 Å². The summed E-state index contributed by atoms with van der Waals surface area (Å²) in [6, 6.07) is -0.246. The number of hydrogen-bond acceptors (Lipinski definition) is 2. The standard InChI is InChI=1S/C13H21BrF3N3/c1-4-7-18-11(5-6-13(15,16)17)12-10(14)8-19-20(12)9(2)3/h8-9,11,18H,4-7H2,1-3H3. The molecule has 116 valence electrons. The molecule has 0 saturated heterocycles. The second-order valence-corrected chi connectivity index (χ2v) is 5.93. The van der Waals surface area contributed by atoms with E-state index in [1.54, 1.807) is 10.9 Å². The number of halogens is 4. The van der Waals surface area contributed by atoms with Crippen LogP contribution in [0.15, 0.2) is 10.7 Å². The SMILES string of the molecule is CCCNC(CCC(F)(F)F)c1c(Br)cnn1C(C)C. The minimum Gasteiger partial charge on any atom is -0.309 e. The van der Waals surface area contributed by atoms with Crippen molar-refractivity contribution in [3.8, 4) is 0 Å². The molecule has 3 nitrogen and oxygen atoms in total. The molecule has 0 aromatic carbocycles. The van der Waals surface area contributed by atoms with Crippen LogP contribution < -0.4 is 5.32 Å². The molecule has 1 unspecified atom stereocenters. The van der Waals surface area contributed by atoms with Gasteiger partial charge in [0.25, 0.3) is 0 Å². The first-order valence-electron chi connectivity index (χ1n) is 6.79. The van der Waals surface area contributed by atoms with Crippen LogP contribution in [0.3, 0.4) is 0 Å². The van der Waals surface area contributed by atoms with Crippen molar-refractivity contribution < 1.29 is 13.2 Å². The predicted octanol–water partition coefficient (Wildman–Crippen LogP) is 4.61. The van der Waals surface area contributed by atoms with Crippen LogP contribution in [0.5, 0.6) is 0 Å². The lowest BCUT2D eigenvalue weighted by Crippen LogP contribution is -2.27. The van der Waals surface area contributed by atoms with Crippen molar-refractivity contribution in [3.63, 3.8) is 0 Å². The van der Waals surface area contributed by atoms with Gasteiger partial charge in [0.05, 0.1) is 22.4 Å². The maximum Gasteiger partial charge on any atom is 0.389 e. The molecule has 0 radical (unpaired) electrons. The quantitative estimate of drug-likeness (QED) is 0.773. The summed E-state index contributed by atoms with van der Waals surface area (Å²) < 4.78 is 40.0. The molecule has 1 aromatic rings. The van der Waals surface area contributed by atoms with Crippen molar-refractivity contribution >= 4 is 15.9 Å². The lowest BCUT2D eigenvalue weighted by molar-refractivity contribution is -0.136. The van der Waals surface area contributed by atoms with Crippen molar-refractivity contribution in [1.29, 1.82) is 0 Å². The molecule has 0 aliphatic rings. The third kappa shape index (κ3) is 5.09. The van der Waals surface area contributed by atoms with Gasteiger partial charge >= 0.3 is 6.18 Å². The van der Waals surface area contributed by atoms with Crippen LogP contribution in [0.4, 0.5) is 13.2 Å². The van der Waals surface area contributed by atoms with E-state index in [-0.39, 0.29) is 18.5 Å². The van der Waals surface area contributed by atoms with Gasteiger partial charge in [-0.1, -0.05) is 6.92 Å². The zero-order valence-corrected chi connectivity index (χ0v) is 13.6. The van der Waals surface area contributed by atoms with Gasteiger partial charge in [-0.2, -0.15) is 18.3 Å². The number of nitrogens with zero attached hydrogens (tertiary/aromatic N) is 2. The molecule has 0 aliphatic carbocycles. The van der Waals surface area contributed by atoms with Crippen molar-refractivity contribution in [3.05, 3.63) is 16.4 Å². The zero-order chi connectivity index (χ0) is 15.3. The van der Waals surface area contributed by atoms with Crippen LogP contribution in [0.25, 0.3) is 0 Å². The van der Waals surface area contributed by atoms with E-state index >= 15 is 0 Å². The van der Waals surface area contributed by atoms with Crippen LogP contribution in [-0.2, 0) is 0 Å². The van der Waals surface area contributed by atoms with Gasteiger partial charge in [-0.25, -0.2) is 0 Å². The van der Waals surface area contributed by atoms with Crippen molar-refractivity contribution in [2.45, 2.75) is 58.3 Å². The Balaban J connectivity index is 2.94. The molecular weight excluding hydrogens is 335 g/mol. The predicted molar refractivity (Wildman–Crippen MR) is 76.6 cm³/mol. The number of hydrogen-bond donors (Lipinski definition) is 1. The molecule has 20 heavy (non-hydrogen) atoms. The van der Waals surface area contributed by atoms with Crippen LogP contribution in [-0.4, -0.2) is 22.5 Å². The maximum absolute atomic E-state index is 12.5. The van der Waals surface area contributed by atoms with E-state index < -0.39 is 12.6 Å². The summed E-state index contributed by atoms with van der Waals surface area (Å²) in [6.45, 7) is 6.59. The minimum absolute atomic E-state index is 0.0144. The molecule has 0 fully saturated rings. The van der Waals surface area contributed by atoms with E-state index in [1.807, 2.05) is 20.8 Å². The maximum atomic E-state index is 12.5. The van der Waals surface area contributed by atoms with Gasteiger partial charge in [0, 0.05) is 12.5 Å². The second kappa shape index (κ2) is 7.45. The molecular formula is C13H21BrF3N3. The Kier molecular flexibility index (Phi) is 6.51. The summed E-state index contributed by atoms with van der Waals surface area (Å²) in [7, 11) is 0. The molecule has 7 heteroatoms. The van der Waals surface area contributed by atoms with Gasteiger partial charge < -0.3 is 5.32 Å². The summed E-state index contributed by atoms with van der Waals surface area (Å²) >= 11 is 3.39. The molecule has 0 saturated carbocycles. The lowest BCUT2D eigenvalue weighted by Gasteiger charge is -2.23. The Bertz CT molecular complexity index is 415. The summed E-state index contributed by atoms with van der Waals surface area (Å²) in [6.07, 6.45) is -2.41. The first kappa shape index (κ1) is 17.5. The summed E-state index contributed by atoms with van der Waals surface area (Å²) in [5.41, 5.74) is 0.790. The summed E-state index contributed by atoms with van der Waals surface area (Å²) in [5, 5.41) is 7.43. The number of nitrogens with one attached hydrogen (secondary N) is 1. The van der Waals surface area contributed by atoms with Gasteiger partial charge in [-0.05, 0) is 49.2 Å². The highest BCUT2D eigenvalue weighted by atomic mass is 79.9. The number of aromatic nitrogens is 2. The van der Waals surface area contributed by atoms with E-state index in [9.17, 15) is 13.2 Å². The normalized spacial score (nSPS) is 14.0. The molecule has 1 rings (SSSR count). The third-order valence-corrected chi connectivity index (χ3v) is 3.57. The van der Waals surface area contributed by atoms with E-state index in [2.05, 4.69) is 26.3 Å². The largest absolute Gasteiger partial charge is 0.389 e. The highest BCUT2D eigenvalue weighted by molar-refractivity contribution is 9.10. The van der Waals surface area contributed by atoms with Gasteiger partial charge in [0.2, 0.25) is 0 Å². The van der Waals surface area contributed by atoms with Crippen molar-refractivity contribution in [2.24, 2.45) is 0 Å². The highest BCUT2D eigenvalue weighted by Crippen LogP contribution is 2.32. The lowest BCUT2D eigenvalue weighted by atomic mass is 10.1. The van der Waals surface area contributed by atoms with E-state index in [1.165, 1.54) is 0 Å². The molecule has 1 N–H and O–H groups in total. The molecule has 0 bridgehead atoms. The third-order valence-electron chi connectivity index (χ3n) is 2.96. The molecule has 1 aromatic heterocycles. The van der Waals surface area contributed by atoms with Crippen molar-refractivity contribution in [1.82, 2.24) is 15.1 Å². The van der Waals surface area contributed by atoms with E-state index in [0.717, 1.165) is 16.6 Å². The fraction of sp³-hybridized carbons (Fsp3) is 0.769. The molecule has 0 aliphatic heterocycles. The van der Waals surface area contributed by atoms with Crippen LogP contribution in [0.2, 0.25) is 0 Å². The Labute approximate surface area is 126 Å². The molecule has 1 heterocycles. The average molecular weight is 356 g/mol. The fourth-order valence-electron chi connectivity index (χ4n) is 2.05. The summed E-state index contributed by atoms with van der Waals surface area (Å²) in [4.78, 5) is 0. The molecule has 0 spiro atoms. The topological polar surface area (TPSA) is 29.9 Å². The van der Waals surface area contributed by atoms with Crippen LogP contribution in [0.1, 0.15) is 57.8 Å². The average Bonchev–Trinajstić information content (AvgIpc) is 2.70. The van der Waals surface area contributed by atoms with Crippen LogP contribution in [0, 0.1) is 0 Å². The molecule has 0 amide bonds. The summed E-state index contributed by atoms with van der Waals surface area (Å²) in [5.74, 6) is 0.